The SMILES string of the molecule is CCCc1occc1C(=O)Nc1ccccc1C1CCC(=O)N1. The Hall–Kier alpha value is -2.56. The maximum absolute atomic E-state index is 12.5. The summed E-state index contributed by atoms with van der Waals surface area (Å²) in [6, 6.07) is 9.23. The number of amides is 2. The molecular formula is C18H20N2O3. The Morgan fingerprint density at radius 1 is 1.35 bits per heavy atom. The van der Waals surface area contributed by atoms with Crippen molar-refractivity contribution in [3.8, 4) is 0 Å². The van der Waals surface area contributed by atoms with Crippen LogP contribution < -0.4 is 10.6 Å². The Kier molecular flexibility index (Phi) is 4.46. The molecule has 2 aromatic rings. The van der Waals surface area contributed by atoms with Gasteiger partial charge in [-0.15, -0.1) is 0 Å². The average Bonchev–Trinajstić information content (AvgIpc) is 3.17. The quantitative estimate of drug-likeness (QED) is 0.888. The first-order valence-electron chi connectivity index (χ1n) is 7.95. The van der Waals surface area contributed by atoms with E-state index < -0.39 is 0 Å². The van der Waals surface area contributed by atoms with Crippen LogP contribution in [-0.4, -0.2) is 11.8 Å². The topological polar surface area (TPSA) is 71.3 Å². The lowest BCUT2D eigenvalue weighted by Crippen LogP contribution is -2.21. The second-order valence-electron chi connectivity index (χ2n) is 5.71. The molecule has 0 spiro atoms. The van der Waals surface area contributed by atoms with E-state index in [1.165, 1.54) is 0 Å². The molecule has 2 amide bonds. The third-order valence-electron chi connectivity index (χ3n) is 4.05. The van der Waals surface area contributed by atoms with Crippen LogP contribution in [-0.2, 0) is 11.2 Å². The molecule has 0 bridgehead atoms. The second kappa shape index (κ2) is 6.69. The molecule has 1 aromatic heterocycles. The molecule has 0 aliphatic carbocycles. The molecule has 1 fully saturated rings. The summed E-state index contributed by atoms with van der Waals surface area (Å²) in [5.74, 6) is 0.576. The molecule has 2 heterocycles. The molecule has 1 saturated heterocycles. The van der Waals surface area contributed by atoms with E-state index in [4.69, 9.17) is 4.42 Å². The number of hydrogen-bond acceptors (Lipinski definition) is 3. The van der Waals surface area contributed by atoms with Gasteiger partial charge in [-0.05, 0) is 30.5 Å². The molecule has 0 radical (unpaired) electrons. The molecule has 1 aromatic carbocycles. The van der Waals surface area contributed by atoms with Crippen molar-refractivity contribution in [2.75, 3.05) is 5.32 Å². The monoisotopic (exact) mass is 312 g/mol. The van der Waals surface area contributed by atoms with Crippen LogP contribution in [0.1, 0.15) is 53.9 Å². The number of aryl methyl sites for hydroxylation is 1. The van der Waals surface area contributed by atoms with Gasteiger partial charge in [0.15, 0.2) is 0 Å². The van der Waals surface area contributed by atoms with Crippen molar-refractivity contribution in [3.05, 3.63) is 53.5 Å². The van der Waals surface area contributed by atoms with Gasteiger partial charge >= 0.3 is 0 Å². The molecule has 5 heteroatoms. The molecular weight excluding hydrogens is 292 g/mol. The number of benzene rings is 1. The second-order valence-corrected chi connectivity index (χ2v) is 5.71. The molecule has 1 atom stereocenters. The van der Waals surface area contributed by atoms with Gasteiger partial charge in [-0.25, -0.2) is 0 Å². The lowest BCUT2D eigenvalue weighted by molar-refractivity contribution is -0.119. The van der Waals surface area contributed by atoms with Crippen molar-refractivity contribution >= 4 is 17.5 Å². The van der Waals surface area contributed by atoms with Gasteiger partial charge in [0, 0.05) is 18.5 Å². The van der Waals surface area contributed by atoms with Crippen LogP contribution in [0.3, 0.4) is 0 Å². The van der Waals surface area contributed by atoms with Crippen LogP contribution in [0.5, 0.6) is 0 Å². The number of hydrogen-bond donors (Lipinski definition) is 2. The fraction of sp³-hybridized carbons (Fsp3) is 0.333. The van der Waals surface area contributed by atoms with Crippen LogP contribution in [0.25, 0.3) is 0 Å². The number of rotatable bonds is 5. The van der Waals surface area contributed by atoms with Crippen LogP contribution in [0.2, 0.25) is 0 Å². The average molecular weight is 312 g/mol. The number of furan rings is 1. The van der Waals surface area contributed by atoms with Crippen molar-refractivity contribution in [2.45, 2.75) is 38.6 Å². The maximum Gasteiger partial charge on any atom is 0.259 e. The first-order chi connectivity index (χ1) is 11.2. The molecule has 120 valence electrons. The summed E-state index contributed by atoms with van der Waals surface area (Å²) in [5, 5.41) is 5.89. The molecule has 23 heavy (non-hydrogen) atoms. The van der Waals surface area contributed by atoms with Crippen LogP contribution in [0.15, 0.2) is 41.0 Å². The van der Waals surface area contributed by atoms with Crippen molar-refractivity contribution in [3.63, 3.8) is 0 Å². The van der Waals surface area contributed by atoms with Crippen molar-refractivity contribution < 1.29 is 14.0 Å². The van der Waals surface area contributed by atoms with E-state index in [9.17, 15) is 9.59 Å². The van der Waals surface area contributed by atoms with E-state index in [1.807, 2.05) is 31.2 Å². The van der Waals surface area contributed by atoms with Gasteiger partial charge in [-0.3, -0.25) is 9.59 Å². The van der Waals surface area contributed by atoms with E-state index in [0.29, 0.717) is 17.7 Å². The Balaban J connectivity index is 1.81. The molecule has 2 N–H and O–H groups in total. The lowest BCUT2D eigenvalue weighted by Gasteiger charge is -2.16. The summed E-state index contributed by atoms with van der Waals surface area (Å²) in [4.78, 5) is 24.0. The summed E-state index contributed by atoms with van der Waals surface area (Å²) >= 11 is 0. The van der Waals surface area contributed by atoms with Gasteiger partial charge in [0.05, 0.1) is 17.9 Å². The molecule has 1 aliphatic rings. The minimum Gasteiger partial charge on any atom is -0.469 e. The molecule has 5 nitrogen and oxygen atoms in total. The Morgan fingerprint density at radius 2 is 2.17 bits per heavy atom. The van der Waals surface area contributed by atoms with Crippen molar-refractivity contribution in [1.82, 2.24) is 5.32 Å². The van der Waals surface area contributed by atoms with Crippen LogP contribution in [0, 0.1) is 0 Å². The first kappa shape index (κ1) is 15.3. The summed E-state index contributed by atoms with van der Waals surface area (Å²) in [6.07, 6.45) is 4.46. The predicted molar refractivity (Wildman–Crippen MR) is 87.2 cm³/mol. The minimum absolute atomic E-state index is 0.0431. The molecule has 3 rings (SSSR count). The van der Waals surface area contributed by atoms with Gasteiger partial charge in [-0.1, -0.05) is 25.1 Å². The smallest absolute Gasteiger partial charge is 0.259 e. The van der Waals surface area contributed by atoms with E-state index in [2.05, 4.69) is 10.6 Å². The zero-order valence-electron chi connectivity index (χ0n) is 13.1. The fourth-order valence-corrected chi connectivity index (χ4v) is 2.92. The Bertz CT molecular complexity index is 721. The Labute approximate surface area is 135 Å². The van der Waals surface area contributed by atoms with Crippen LogP contribution in [0.4, 0.5) is 5.69 Å². The number of carbonyl (C=O) groups is 2. The van der Waals surface area contributed by atoms with Gasteiger partial charge < -0.3 is 15.1 Å². The van der Waals surface area contributed by atoms with E-state index in [-0.39, 0.29) is 17.9 Å². The van der Waals surface area contributed by atoms with E-state index >= 15 is 0 Å². The van der Waals surface area contributed by atoms with Crippen LogP contribution >= 0.6 is 0 Å². The largest absolute Gasteiger partial charge is 0.469 e. The highest BCUT2D eigenvalue weighted by Gasteiger charge is 2.25. The highest BCUT2D eigenvalue weighted by Crippen LogP contribution is 2.30. The zero-order chi connectivity index (χ0) is 16.2. The number of anilines is 1. The third-order valence-corrected chi connectivity index (χ3v) is 4.05. The summed E-state index contributed by atoms with van der Waals surface area (Å²) in [5.41, 5.74) is 2.23. The Morgan fingerprint density at radius 3 is 2.91 bits per heavy atom. The standard InChI is InChI=1S/C18H20N2O3/c1-2-5-16-13(10-11-23-16)18(22)20-14-7-4-3-6-12(14)15-8-9-17(21)19-15/h3-4,6-7,10-11,15H,2,5,8-9H2,1H3,(H,19,21)(H,20,22). The van der Waals surface area contributed by atoms with Crippen molar-refractivity contribution in [1.29, 1.82) is 0 Å². The zero-order valence-corrected chi connectivity index (χ0v) is 13.1. The lowest BCUT2D eigenvalue weighted by atomic mass is 10.0. The fourth-order valence-electron chi connectivity index (χ4n) is 2.92. The van der Waals surface area contributed by atoms with E-state index in [0.717, 1.165) is 30.5 Å². The maximum atomic E-state index is 12.5. The predicted octanol–water partition coefficient (Wildman–Crippen LogP) is 3.44. The van der Waals surface area contributed by atoms with Gasteiger partial charge in [0.1, 0.15) is 5.76 Å². The number of nitrogens with one attached hydrogen (secondary N) is 2. The highest BCUT2D eigenvalue weighted by atomic mass is 16.3. The number of para-hydroxylation sites is 1. The van der Waals surface area contributed by atoms with Gasteiger partial charge in [0.2, 0.25) is 5.91 Å². The molecule has 1 unspecified atom stereocenters. The first-order valence-corrected chi connectivity index (χ1v) is 7.95. The highest BCUT2D eigenvalue weighted by molar-refractivity contribution is 6.05. The summed E-state index contributed by atoms with van der Waals surface area (Å²) < 4.78 is 5.39. The minimum atomic E-state index is -0.182. The normalized spacial score (nSPS) is 17.1. The van der Waals surface area contributed by atoms with E-state index in [1.54, 1.807) is 12.3 Å². The number of carbonyl (C=O) groups excluding carboxylic acids is 2. The van der Waals surface area contributed by atoms with Gasteiger partial charge in [-0.2, -0.15) is 0 Å². The summed E-state index contributed by atoms with van der Waals surface area (Å²) in [7, 11) is 0. The van der Waals surface area contributed by atoms with Crippen molar-refractivity contribution in [2.24, 2.45) is 0 Å². The molecule has 0 saturated carbocycles. The third kappa shape index (κ3) is 3.28. The van der Waals surface area contributed by atoms with Gasteiger partial charge in [0.25, 0.3) is 5.91 Å². The summed E-state index contributed by atoms with van der Waals surface area (Å²) in [6.45, 7) is 2.04. The molecule has 1 aliphatic heterocycles.